The molecule has 1 heterocycles. The molecule has 1 aromatic heterocycles. The lowest BCUT2D eigenvalue weighted by atomic mass is 10.2. The molecule has 1 amide bonds. The van der Waals surface area contributed by atoms with Crippen molar-refractivity contribution < 1.29 is 9.53 Å². The minimum Gasteiger partial charge on any atom is -0.488 e. The van der Waals surface area contributed by atoms with E-state index in [1.807, 2.05) is 12.1 Å². The van der Waals surface area contributed by atoms with Gasteiger partial charge in [0.05, 0.1) is 12.6 Å². The Labute approximate surface area is 189 Å². The number of nitrogens with one attached hydrogen (secondary N) is 1. The van der Waals surface area contributed by atoms with Crippen molar-refractivity contribution in [1.29, 1.82) is 0 Å². The molecule has 0 aliphatic rings. The van der Waals surface area contributed by atoms with Crippen LogP contribution in [0.5, 0.6) is 5.75 Å². The molecule has 150 valence electrons. The number of rotatable bonds is 7. The molecule has 3 aromatic rings. The topological polar surface area (TPSA) is 102 Å². The number of hydrogen-bond donors (Lipinski definition) is 2. The lowest BCUT2D eigenvalue weighted by Gasteiger charge is -2.11. The van der Waals surface area contributed by atoms with Gasteiger partial charge in [-0.25, -0.2) is 5.43 Å². The van der Waals surface area contributed by atoms with Crippen LogP contribution < -0.4 is 15.9 Å². The van der Waals surface area contributed by atoms with E-state index in [0.717, 1.165) is 21.4 Å². The zero-order valence-corrected chi connectivity index (χ0v) is 18.6. The van der Waals surface area contributed by atoms with E-state index in [1.54, 1.807) is 24.3 Å². The van der Waals surface area contributed by atoms with Crippen molar-refractivity contribution in [3.8, 4) is 5.75 Å². The molecule has 0 fully saturated rings. The number of nitrogens with two attached hydrogens (primary N) is 1. The highest BCUT2D eigenvalue weighted by Crippen LogP contribution is 2.25. The molecule has 0 bridgehead atoms. The molecule has 3 rings (SSSR count). The average molecular weight is 515 g/mol. The van der Waals surface area contributed by atoms with Crippen LogP contribution in [0.2, 0.25) is 10.0 Å². The smallest absolute Gasteiger partial charge is 0.247 e. The van der Waals surface area contributed by atoms with Crippen LogP contribution in [0, 0.1) is 0 Å². The number of ether oxygens (including phenoxy) is 1. The number of hydrogen-bond acceptors (Lipinski definition) is 7. The highest BCUT2D eigenvalue weighted by Gasteiger charge is 2.09. The number of carbonyl (C=O) groups is 1. The Balaban J connectivity index is 1.64. The van der Waals surface area contributed by atoms with Gasteiger partial charge in [-0.3, -0.25) is 4.79 Å². The molecule has 0 atom stereocenters. The van der Waals surface area contributed by atoms with Gasteiger partial charge in [-0.05, 0) is 30.3 Å². The summed E-state index contributed by atoms with van der Waals surface area (Å²) in [5.41, 5.74) is 9.41. The fourth-order valence-corrected chi connectivity index (χ4v) is 3.68. The SMILES string of the molecule is Nc1nnc(CC(=O)N/N=C\c2cc(Br)ccc2OCc2ccc(Cl)cc2Cl)s1. The minimum atomic E-state index is -0.331. The van der Waals surface area contributed by atoms with Crippen molar-refractivity contribution in [2.45, 2.75) is 13.0 Å². The van der Waals surface area contributed by atoms with E-state index < -0.39 is 0 Å². The van der Waals surface area contributed by atoms with E-state index in [4.69, 9.17) is 33.7 Å². The van der Waals surface area contributed by atoms with E-state index in [0.29, 0.717) is 31.5 Å². The molecule has 0 radical (unpaired) electrons. The third kappa shape index (κ3) is 6.40. The average Bonchev–Trinajstić information content (AvgIpc) is 3.07. The minimum absolute atomic E-state index is 0.0448. The molecule has 0 saturated heterocycles. The van der Waals surface area contributed by atoms with E-state index in [9.17, 15) is 4.79 Å². The van der Waals surface area contributed by atoms with E-state index >= 15 is 0 Å². The van der Waals surface area contributed by atoms with Crippen LogP contribution in [0.1, 0.15) is 16.1 Å². The van der Waals surface area contributed by atoms with Gasteiger partial charge in [-0.1, -0.05) is 56.5 Å². The Morgan fingerprint density at radius 2 is 2.10 bits per heavy atom. The van der Waals surface area contributed by atoms with Gasteiger partial charge < -0.3 is 10.5 Å². The maximum absolute atomic E-state index is 11.9. The van der Waals surface area contributed by atoms with Crippen molar-refractivity contribution >= 4 is 67.7 Å². The first-order valence-electron chi connectivity index (χ1n) is 8.17. The highest BCUT2D eigenvalue weighted by atomic mass is 79.9. The second-order valence-electron chi connectivity index (χ2n) is 5.71. The molecule has 0 spiro atoms. The first-order chi connectivity index (χ1) is 13.9. The van der Waals surface area contributed by atoms with Gasteiger partial charge in [0.25, 0.3) is 0 Å². The number of amides is 1. The summed E-state index contributed by atoms with van der Waals surface area (Å²) in [6.45, 7) is 0.253. The molecular formula is C18H14BrCl2N5O2S. The van der Waals surface area contributed by atoms with Gasteiger partial charge in [-0.15, -0.1) is 10.2 Å². The first-order valence-corrected chi connectivity index (χ1v) is 10.5. The highest BCUT2D eigenvalue weighted by molar-refractivity contribution is 9.10. The summed E-state index contributed by atoms with van der Waals surface area (Å²) in [6, 6.07) is 10.7. The zero-order valence-electron chi connectivity index (χ0n) is 14.7. The Kier molecular flexibility index (Phi) is 7.43. The summed E-state index contributed by atoms with van der Waals surface area (Å²) in [7, 11) is 0. The van der Waals surface area contributed by atoms with Gasteiger partial charge >= 0.3 is 0 Å². The van der Waals surface area contributed by atoms with Gasteiger partial charge in [-0.2, -0.15) is 5.10 Å². The summed E-state index contributed by atoms with van der Waals surface area (Å²) < 4.78 is 6.71. The summed E-state index contributed by atoms with van der Waals surface area (Å²) in [5.74, 6) is 0.247. The van der Waals surface area contributed by atoms with Crippen molar-refractivity contribution in [2.24, 2.45) is 5.10 Å². The number of anilines is 1. The monoisotopic (exact) mass is 513 g/mol. The summed E-state index contributed by atoms with van der Waals surface area (Å²) in [6.07, 6.45) is 1.54. The summed E-state index contributed by atoms with van der Waals surface area (Å²) in [4.78, 5) is 11.9. The number of nitrogen functional groups attached to an aromatic ring is 1. The van der Waals surface area contributed by atoms with Gasteiger partial charge in [0.2, 0.25) is 11.0 Å². The standard InChI is InChI=1S/C18H14BrCl2N5O2S/c19-12-2-4-15(28-9-10-1-3-13(20)6-14(10)21)11(5-12)8-23-24-16(27)7-17-25-26-18(22)29-17/h1-6,8H,7,9H2,(H2,22,26)(H,24,27)/b23-8-. The van der Waals surface area contributed by atoms with Crippen molar-refractivity contribution in [3.63, 3.8) is 0 Å². The Hall–Kier alpha value is -2.20. The Morgan fingerprint density at radius 1 is 1.28 bits per heavy atom. The van der Waals surface area contributed by atoms with Crippen LogP contribution >= 0.6 is 50.5 Å². The third-order valence-electron chi connectivity index (χ3n) is 3.56. The fraction of sp³-hybridized carbons (Fsp3) is 0.111. The number of nitrogens with zero attached hydrogens (tertiary/aromatic N) is 3. The zero-order chi connectivity index (χ0) is 20.8. The van der Waals surface area contributed by atoms with Crippen molar-refractivity contribution in [3.05, 3.63) is 67.1 Å². The van der Waals surface area contributed by atoms with Crippen molar-refractivity contribution in [2.75, 3.05) is 5.73 Å². The number of benzene rings is 2. The molecule has 0 aliphatic heterocycles. The maximum atomic E-state index is 11.9. The molecule has 11 heteroatoms. The first kappa shape index (κ1) is 21.5. The number of hydrazone groups is 1. The fourth-order valence-electron chi connectivity index (χ4n) is 2.23. The third-order valence-corrected chi connectivity index (χ3v) is 5.39. The lowest BCUT2D eigenvalue weighted by Crippen LogP contribution is -2.19. The molecule has 3 N–H and O–H groups in total. The van der Waals surface area contributed by atoms with E-state index in [2.05, 4.69) is 36.7 Å². The molecule has 0 saturated carbocycles. The second kappa shape index (κ2) is 10.0. The normalized spacial score (nSPS) is 11.0. The van der Waals surface area contributed by atoms with E-state index in [1.165, 1.54) is 6.21 Å². The number of aromatic nitrogens is 2. The predicted molar refractivity (Wildman–Crippen MR) is 119 cm³/mol. The van der Waals surface area contributed by atoms with Gasteiger partial charge in [0.15, 0.2) is 0 Å². The summed E-state index contributed by atoms with van der Waals surface area (Å²) >= 11 is 16.7. The molecule has 29 heavy (non-hydrogen) atoms. The molecule has 0 unspecified atom stereocenters. The quantitative estimate of drug-likeness (QED) is 0.358. The van der Waals surface area contributed by atoms with Crippen LogP contribution in [-0.4, -0.2) is 22.3 Å². The van der Waals surface area contributed by atoms with Crippen LogP contribution in [0.15, 0.2) is 46.0 Å². The van der Waals surface area contributed by atoms with Gasteiger partial charge in [0, 0.05) is 25.6 Å². The van der Waals surface area contributed by atoms with Crippen LogP contribution in [-0.2, 0) is 17.8 Å². The maximum Gasteiger partial charge on any atom is 0.247 e. The van der Waals surface area contributed by atoms with Gasteiger partial charge in [0.1, 0.15) is 17.4 Å². The molecule has 0 aliphatic carbocycles. The summed E-state index contributed by atoms with van der Waals surface area (Å²) in [5, 5.41) is 13.4. The molecule has 7 nitrogen and oxygen atoms in total. The molecule has 2 aromatic carbocycles. The van der Waals surface area contributed by atoms with E-state index in [-0.39, 0.29) is 18.9 Å². The largest absolute Gasteiger partial charge is 0.488 e. The number of halogens is 3. The van der Waals surface area contributed by atoms with Crippen molar-refractivity contribution in [1.82, 2.24) is 15.6 Å². The Morgan fingerprint density at radius 3 is 2.83 bits per heavy atom. The number of carbonyl (C=O) groups excluding carboxylic acids is 1. The molecular weight excluding hydrogens is 501 g/mol. The van der Waals surface area contributed by atoms with Crippen LogP contribution in [0.25, 0.3) is 0 Å². The second-order valence-corrected chi connectivity index (χ2v) is 8.56. The van der Waals surface area contributed by atoms with Crippen LogP contribution in [0.3, 0.4) is 0 Å². The Bertz CT molecular complexity index is 1060. The lowest BCUT2D eigenvalue weighted by molar-refractivity contribution is -0.120. The predicted octanol–water partition coefficient (Wildman–Crippen LogP) is 4.46. The van der Waals surface area contributed by atoms with Crippen LogP contribution in [0.4, 0.5) is 5.13 Å².